The molecule has 0 spiro atoms. The van der Waals surface area contributed by atoms with Crippen LogP contribution < -0.4 is 16.0 Å². The van der Waals surface area contributed by atoms with Gasteiger partial charge in [0, 0.05) is 29.9 Å². The number of nitrogens with one attached hydrogen (secondary N) is 4. The van der Waals surface area contributed by atoms with Gasteiger partial charge in [-0.25, -0.2) is 4.98 Å². The van der Waals surface area contributed by atoms with Crippen LogP contribution >= 0.6 is 11.3 Å². The van der Waals surface area contributed by atoms with E-state index in [1.54, 1.807) is 11.3 Å². The summed E-state index contributed by atoms with van der Waals surface area (Å²) in [5, 5.41) is 21.0. The molecule has 0 saturated carbocycles. The van der Waals surface area contributed by atoms with Gasteiger partial charge >= 0.3 is 0 Å². The van der Waals surface area contributed by atoms with Crippen molar-refractivity contribution in [3.63, 3.8) is 0 Å². The highest BCUT2D eigenvalue weighted by Gasteiger charge is 2.31. The molecule has 0 aliphatic carbocycles. The first-order valence-electron chi connectivity index (χ1n) is 9.30. The van der Waals surface area contributed by atoms with E-state index in [0.717, 1.165) is 40.4 Å². The predicted molar refractivity (Wildman–Crippen MR) is 105 cm³/mol. The summed E-state index contributed by atoms with van der Waals surface area (Å²) in [6.45, 7) is 1.99. The lowest BCUT2D eigenvalue weighted by molar-refractivity contribution is 0.230. The average Bonchev–Trinajstić information content (AvgIpc) is 3.23. The maximum atomic E-state index is 4.76. The normalized spacial score (nSPS) is 25.3. The molecule has 0 aromatic carbocycles. The molecule has 2 unspecified atom stereocenters. The Morgan fingerprint density at radius 3 is 2.81 bits per heavy atom. The minimum absolute atomic E-state index is 0.435. The van der Waals surface area contributed by atoms with E-state index in [1.165, 1.54) is 19.3 Å². The van der Waals surface area contributed by atoms with Crippen LogP contribution in [0.5, 0.6) is 0 Å². The van der Waals surface area contributed by atoms with E-state index >= 15 is 0 Å². The predicted octanol–water partition coefficient (Wildman–Crippen LogP) is 3.55. The van der Waals surface area contributed by atoms with Crippen molar-refractivity contribution in [1.82, 2.24) is 25.5 Å². The van der Waals surface area contributed by atoms with Crippen LogP contribution in [0.1, 0.15) is 37.8 Å². The Morgan fingerprint density at radius 2 is 2.04 bits per heavy atom. The molecule has 4 N–H and O–H groups in total. The van der Waals surface area contributed by atoms with Crippen LogP contribution in [0.4, 0.5) is 17.6 Å². The van der Waals surface area contributed by atoms with Crippen LogP contribution in [0.2, 0.25) is 0 Å². The molecule has 2 atom stereocenters. The lowest BCUT2D eigenvalue weighted by atomic mass is 9.84. The van der Waals surface area contributed by atoms with Crippen molar-refractivity contribution in [2.75, 3.05) is 10.6 Å². The molecule has 5 heterocycles. The van der Waals surface area contributed by atoms with Gasteiger partial charge in [0.25, 0.3) is 0 Å². The minimum Gasteiger partial charge on any atom is -0.351 e. The number of thiophene rings is 1. The fourth-order valence-electron chi connectivity index (χ4n) is 4.18. The van der Waals surface area contributed by atoms with Crippen LogP contribution in [0.3, 0.4) is 0 Å². The number of aromatic nitrogens is 4. The number of aryl methyl sites for hydroxylation is 1. The molecule has 0 radical (unpaired) electrons. The van der Waals surface area contributed by atoms with Crippen molar-refractivity contribution in [2.24, 2.45) is 0 Å². The van der Waals surface area contributed by atoms with Crippen molar-refractivity contribution >= 4 is 39.1 Å². The number of fused-ring (bicyclic) bond motifs is 3. The highest BCUT2D eigenvalue weighted by atomic mass is 32.1. The van der Waals surface area contributed by atoms with Crippen LogP contribution in [-0.4, -0.2) is 38.3 Å². The maximum Gasteiger partial charge on any atom is 0.226 e. The monoisotopic (exact) mass is 369 g/mol. The van der Waals surface area contributed by atoms with Crippen LogP contribution in [-0.2, 0) is 0 Å². The number of rotatable bonds is 4. The van der Waals surface area contributed by atoms with Crippen LogP contribution in [0, 0.1) is 6.92 Å². The molecule has 26 heavy (non-hydrogen) atoms. The van der Waals surface area contributed by atoms with Gasteiger partial charge in [0.15, 0.2) is 5.82 Å². The lowest BCUT2D eigenvalue weighted by Gasteiger charge is -2.40. The first-order chi connectivity index (χ1) is 12.7. The van der Waals surface area contributed by atoms with E-state index in [9.17, 15) is 0 Å². The molecule has 7 nitrogen and oxygen atoms in total. The first-order valence-corrected chi connectivity index (χ1v) is 10.2. The summed E-state index contributed by atoms with van der Waals surface area (Å²) in [6, 6.07) is 5.73. The standard InChI is InChI=1S/C18H23N7S/c1-10-7-15(25-24-10)21-16-14-5-6-26-17(14)23-18(22-16)20-13-8-11-3-2-4-12(9-13)19-11/h5-7,11-13,19H,2-4,8-9H2,1H3,(H3,20,21,22,23,24,25). The number of piperidine rings is 2. The zero-order valence-electron chi connectivity index (χ0n) is 14.7. The number of hydrogen-bond acceptors (Lipinski definition) is 7. The first kappa shape index (κ1) is 16.0. The zero-order valence-corrected chi connectivity index (χ0v) is 15.6. The molecule has 3 aromatic heterocycles. The molecule has 2 bridgehead atoms. The smallest absolute Gasteiger partial charge is 0.226 e. The van der Waals surface area contributed by atoms with Crippen molar-refractivity contribution in [1.29, 1.82) is 0 Å². The zero-order chi connectivity index (χ0) is 17.5. The molecular weight excluding hydrogens is 346 g/mol. The number of H-pyrrole nitrogens is 1. The van der Waals surface area contributed by atoms with Crippen LogP contribution in [0.15, 0.2) is 17.5 Å². The van der Waals surface area contributed by atoms with Gasteiger partial charge in [0.2, 0.25) is 5.95 Å². The molecule has 2 saturated heterocycles. The van der Waals surface area contributed by atoms with Gasteiger partial charge in [-0.1, -0.05) is 6.42 Å². The van der Waals surface area contributed by atoms with E-state index in [2.05, 4.69) is 37.6 Å². The summed E-state index contributed by atoms with van der Waals surface area (Å²) < 4.78 is 0. The Morgan fingerprint density at radius 1 is 1.19 bits per heavy atom. The molecule has 2 aliphatic rings. The number of nitrogens with zero attached hydrogens (tertiary/aromatic N) is 3. The largest absolute Gasteiger partial charge is 0.351 e. The van der Waals surface area contributed by atoms with E-state index in [-0.39, 0.29) is 0 Å². The van der Waals surface area contributed by atoms with Gasteiger partial charge in [-0.05, 0) is 44.1 Å². The summed E-state index contributed by atoms with van der Waals surface area (Å²) in [5.41, 5.74) is 1.02. The highest BCUT2D eigenvalue weighted by molar-refractivity contribution is 7.16. The Labute approximate surface area is 156 Å². The molecule has 2 aliphatic heterocycles. The summed E-state index contributed by atoms with van der Waals surface area (Å²) in [5.74, 6) is 2.29. The Hall–Kier alpha value is -2.19. The second-order valence-electron chi connectivity index (χ2n) is 7.40. The van der Waals surface area contributed by atoms with Gasteiger partial charge in [0.05, 0.1) is 5.39 Å². The molecule has 2 fully saturated rings. The third-order valence-electron chi connectivity index (χ3n) is 5.33. The Balaban J connectivity index is 1.41. The molecule has 136 valence electrons. The summed E-state index contributed by atoms with van der Waals surface area (Å²) in [4.78, 5) is 10.5. The fraction of sp³-hybridized carbons (Fsp3) is 0.500. The third kappa shape index (κ3) is 3.14. The van der Waals surface area contributed by atoms with Crippen molar-refractivity contribution in [3.8, 4) is 0 Å². The van der Waals surface area contributed by atoms with Gasteiger partial charge < -0.3 is 16.0 Å². The summed E-state index contributed by atoms with van der Waals surface area (Å²) in [6.07, 6.45) is 6.20. The molecule has 3 aromatic rings. The molecule has 8 heteroatoms. The van der Waals surface area contributed by atoms with Crippen molar-refractivity contribution < 1.29 is 0 Å². The average molecular weight is 369 g/mol. The topological polar surface area (TPSA) is 90.6 Å². The second-order valence-corrected chi connectivity index (χ2v) is 8.30. The van der Waals surface area contributed by atoms with E-state index in [4.69, 9.17) is 9.97 Å². The van der Waals surface area contributed by atoms with Crippen molar-refractivity contribution in [2.45, 2.75) is 57.2 Å². The second kappa shape index (κ2) is 6.51. The Kier molecular flexibility index (Phi) is 4.01. The van der Waals surface area contributed by atoms with Gasteiger partial charge in [0.1, 0.15) is 10.6 Å². The molecular formula is C18H23N7S. The number of aromatic amines is 1. The fourth-order valence-corrected chi connectivity index (χ4v) is 4.95. The third-order valence-corrected chi connectivity index (χ3v) is 6.13. The van der Waals surface area contributed by atoms with E-state index in [1.807, 2.05) is 13.0 Å². The SMILES string of the molecule is Cc1cc(Nc2nc(NC3CC4CCCC(C3)N4)nc3sccc23)n[nH]1. The highest BCUT2D eigenvalue weighted by Crippen LogP contribution is 2.31. The number of hydrogen-bond donors (Lipinski definition) is 4. The van der Waals surface area contributed by atoms with Crippen LogP contribution in [0.25, 0.3) is 10.2 Å². The van der Waals surface area contributed by atoms with Crippen molar-refractivity contribution in [3.05, 3.63) is 23.2 Å². The van der Waals surface area contributed by atoms with E-state index in [0.29, 0.717) is 24.1 Å². The van der Waals surface area contributed by atoms with E-state index < -0.39 is 0 Å². The van der Waals surface area contributed by atoms with Gasteiger partial charge in [-0.15, -0.1) is 11.3 Å². The molecule has 0 amide bonds. The molecule has 5 rings (SSSR count). The summed E-state index contributed by atoms with van der Waals surface area (Å²) in [7, 11) is 0. The summed E-state index contributed by atoms with van der Waals surface area (Å²) >= 11 is 1.64. The minimum atomic E-state index is 0.435. The number of anilines is 3. The van der Waals surface area contributed by atoms with Gasteiger partial charge in [-0.2, -0.15) is 10.1 Å². The maximum absolute atomic E-state index is 4.76. The quantitative estimate of drug-likeness (QED) is 0.562. The Bertz CT molecular complexity index is 905. The van der Waals surface area contributed by atoms with Gasteiger partial charge in [-0.3, -0.25) is 5.10 Å². The lowest BCUT2D eigenvalue weighted by Crippen LogP contribution is -2.52.